The molecule has 2 N–H and O–H groups in total. The third-order valence-electron chi connectivity index (χ3n) is 10.5. The summed E-state index contributed by atoms with van der Waals surface area (Å²) in [4.78, 5) is 7.32. The van der Waals surface area contributed by atoms with Gasteiger partial charge in [0.2, 0.25) is 5.79 Å². The zero-order valence-electron chi connectivity index (χ0n) is 30.5. The molecule has 0 saturated heterocycles. The molecule has 0 unspecified atom stereocenters. The van der Waals surface area contributed by atoms with Gasteiger partial charge in [0.25, 0.3) is 0 Å². The van der Waals surface area contributed by atoms with Crippen LogP contribution in [-0.4, -0.2) is 58.8 Å². The first-order valence-corrected chi connectivity index (χ1v) is 21.0. The lowest BCUT2D eigenvalue weighted by Crippen LogP contribution is -2.64. The fraction of sp³-hybridized carbons (Fsp3) is 0.465. The van der Waals surface area contributed by atoms with Gasteiger partial charge in [0.1, 0.15) is 23.9 Å². The van der Waals surface area contributed by atoms with E-state index in [-0.39, 0.29) is 42.1 Å². The lowest BCUT2D eigenvalue weighted by atomic mass is 9.56. The van der Waals surface area contributed by atoms with E-state index in [0.29, 0.717) is 19.6 Å². The van der Waals surface area contributed by atoms with E-state index in [1.165, 1.54) is 4.90 Å². The molecule has 3 aromatic rings. The largest absolute Gasteiger partial charge is 0.460 e. The molecule has 0 bridgehead atoms. The number of unbranched alkanes of at least 4 members (excludes halogenated alkanes) is 2. The second-order valence-electron chi connectivity index (χ2n) is 13.7. The van der Waals surface area contributed by atoms with E-state index < -0.39 is 5.79 Å². The Kier molecular flexibility index (Phi) is 13.9. The van der Waals surface area contributed by atoms with Gasteiger partial charge in [-0.25, -0.2) is 0 Å². The molecule has 6 atom stereocenters. The zero-order chi connectivity index (χ0) is 36.3. The predicted octanol–water partition coefficient (Wildman–Crippen LogP) is 9.79. The van der Waals surface area contributed by atoms with Gasteiger partial charge in [-0.2, -0.15) is 11.8 Å². The monoisotopic (exact) mass is 743 g/mol. The van der Waals surface area contributed by atoms with Crippen molar-refractivity contribution in [1.29, 1.82) is 0 Å². The van der Waals surface area contributed by atoms with Crippen LogP contribution in [0.5, 0.6) is 17.2 Å². The summed E-state index contributed by atoms with van der Waals surface area (Å²) in [6, 6.07) is 24.5. The summed E-state index contributed by atoms with van der Waals surface area (Å²) in [5.41, 5.74) is 4.26. The summed E-state index contributed by atoms with van der Waals surface area (Å²) in [5.74, 6) is 2.61. The standard InChI is InChI=1S/C43H53NO6S2/c1-4-25-47-43-40(52-5-2)28-38(44-48-29-30-13-7-6-8-14-30)36-26-31(15-9-11-23-45)35(16-10-12-24-46)41(42(36)43)37-27-33(19-22-39(37)50-43)49-32-17-20-34(51-3)21-18-32/h4,6-8,13-14,17-22,26-27,31,35,40-42,45-46H,1,5,9-12,15-16,23-25,28-29H2,2-3H3/t31-,35+,40-,41+,42+,43+/m0/s1. The number of ether oxygens (including phenoxy) is 3. The Morgan fingerprint density at radius 1 is 0.962 bits per heavy atom. The van der Waals surface area contributed by atoms with Crippen molar-refractivity contribution in [3.8, 4) is 17.2 Å². The highest BCUT2D eigenvalue weighted by molar-refractivity contribution is 8.00. The molecule has 1 fully saturated rings. The highest BCUT2D eigenvalue weighted by Crippen LogP contribution is 2.62. The second kappa shape index (κ2) is 18.7. The highest BCUT2D eigenvalue weighted by Gasteiger charge is 2.63. The molecule has 0 spiro atoms. The van der Waals surface area contributed by atoms with Crippen molar-refractivity contribution in [2.24, 2.45) is 22.9 Å². The molecule has 0 amide bonds. The van der Waals surface area contributed by atoms with Crippen LogP contribution in [0.2, 0.25) is 0 Å². The Balaban J connectivity index is 1.49. The van der Waals surface area contributed by atoms with E-state index in [2.05, 4.69) is 62.2 Å². The van der Waals surface area contributed by atoms with E-state index in [1.54, 1.807) is 11.8 Å². The molecule has 1 heterocycles. The van der Waals surface area contributed by atoms with Crippen molar-refractivity contribution in [3.05, 3.63) is 108 Å². The smallest absolute Gasteiger partial charge is 0.230 e. The Bertz CT molecular complexity index is 1660. The Morgan fingerprint density at radius 3 is 2.42 bits per heavy atom. The molecule has 52 heavy (non-hydrogen) atoms. The SMILES string of the molecule is C=CCO[C@@]12Oc3ccc(Oc4ccc(SC)cc4)cc3[C@H]3[C@H](CCCCO)[C@@H](CCCCO)C=C(C(=NOCc4ccccc4)C[C@@H]1SCC)[C@H]32. The minimum atomic E-state index is -0.960. The number of hydrogen-bond acceptors (Lipinski definition) is 9. The van der Waals surface area contributed by atoms with Crippen LogP contribution >= 0.6 is 23.5 Å². The maximum Gasteiger partial charge on any atom is 0.230 e. The number of thioether (sulfide) groups is 2. The van der Waals surface area contributed by atoms with Crippen LogP contribution in [0.3, 0.4) is 0 Å². The van der Waals surface area contributed by atoms with Crippen molar-refractivity contribution >= 4 is 29.2 Å². The number of aliphatic hydroxyl groups excluding tert-OH is 2. The zero-order valence-corrected chi connectivity index (χ0v) is 32.1. The molecule has 3 aromatic carbocycles. The van der Waals surface area contributed by atoms with Crippen molar-refractivity contribution < 1.29 is 29.3 Å². The molecular weight excluding hydrogens is 691 g/mol. The first kappa shape index (κ1) is 38.5. The molecule has 6 rings (SSSR count). The van der Waals surface area contributed by atoms with Crippen LogP contribution in [0.4, 0.5) is 0 Å². The topological polar surface area (TPSA) is 89.7 Å². The Morgan fingerprint density at radius 2 is 1.71 bits per heavy atom. The van der Waals surface area contributed by atoms with Crippen LogP contribution in [0, 0.1) is 17.8 Å². The molecule has 278 valence electrons. The summed E-state index contributed by atoms with van der Waals surface area (Å²) in [5, 5.41) is 24.5. The summed E-state index contributed by atoms with van der Waals surface area (Å²) in [7, 11) is 0. The number of rotatable bonds is 19. The van der Waals surface area contributed by atoms with Crippen molar-refractivity contribution in [3.63, 3.8) is 0 Å². The number of fused-ring (bicyclic) bond motifs is 2. The number of allylic oxidation sites excluding steroid dienone is 1. The molecule has 1 aliphatic heterocycles. The second-order valence-corrected chi connectivity index (χ2v) is 16.1. The van der Waals surface area contributed by atoms with Gasteiger partial charge in [0.15, 0.2) is 0 Å². The first-order valence-electron chi connectivity index (χ1n) is 18.7. The summed E-state index contributed by atoms with van der Waals surface area (Å²) >= 11 is 3.55. The van der Waals surface area contributed by atoms with E-state index in [0.717, 1.165) is 83.9 Å². The third kappa shape index (κ3) is 8.60. The van der Waals surface area contributed by atoms with Gasteiger partial charge in [-0.1, -0.05) is 67.4 Å². The van der Waals surface area contributed by atoms with Gasteiger partial charge < -0.3 is 29.3 Å². The van der Waals surface area contributed by atoms with Crippen LogP contribution in [0.25, 0.3) is 0 Å². The summed E-state index contributed by atoms with van der Waals surface area (Å²) < 4.78 is 20.7. The number of aliphatic hydroxyl groups is 2. The number of oxime groups is 1. The van der Waals surface area contributed by atoms with E-state index in [9.17, 15) is 10.2 Å². The minimum Gasteiger partial charge on any atom is -0.460 e. The fourth-order valence-electron chi connectivity index (χ4n) is 8.28. The van der Waals surface area contributed by atoms with Crippen molar-refractivity contribution in [2.45, 2.75) is 80.3 Å². The maximum absolute atomic E-state index is 9.86. The van der Waals surface area contributed by atoms with Gasteiger partial charge in [0, 0.05) is 36.0 Å². The minimum absolute atomic E-state index is 0.0216. The van der Waals surface area contributed by atoms with Crippen molar-refractivity contribution in [2.75, 3.05) is 31.8 Å². The average Bonchev–Trinajstić information content (AvgIpc) is 3.17. The molecule has 9 heteroatoms. The van der Waals surface area contributed by atoms with Crippen LogP contribution in [0.1, 0.15) is 68.9 Å². The fourth-order valence-corrected chi connectivity index (χ4v) is 9.86. The number of benzene rings is 3. The van der Waals surface area contributed by atoms with Crippen LogP contribution in [-0.2, 0) is 16.2 Å². The molecule has 0 radical (unpaired) electrons. The highest BCUT2D eigenvalue weighted by atomic mass is 32.2. The molecule has 7 nitrogen and oxygen atoms in total. The molecule has 1 saturated carbocycles. The van der Waals surface area contributed by atoms with E-state index in [4.69, 9.17) is 24.2 Å². The molecule has 3 aliphatic rings. The Labute approximate surface area is 317 Å². The average molecular weight is 744 g/mol. The first-order chi connectivity index (χ1) is 25.5. The maximum atomic E-state index is 9.86. The number of nitrogens with zero attached hydrogens (tertiary/aromatic N) is 1. The lowest BCUT2D eigenvalue weighted by molar-refractivity contribution is -0.223. The lowest BCUT2D eigenvalue weighted by Gasteiger charge is -2.58. The molecule has 2 aliphatic carbocycles. The van der Waals surface area contributed by atoms with Crippen LogP contribution < -0.4 is 9.47 Å². The van der Waals surface area contributed by atoms with E-state index in [1.807, 2.05) is 54.2 Å². The van der Waals surface area contributed by atoms with Gasteiger partial charge in [-0.05, 0) is 103 Å². The van der Waals surface area contributed by atoms with Gasteiger partial charge >= 0.3 is 0 Å². The molecule has 0 aromatic heterocycles. The van der Waals surface area contributed by atoms with Gasteiger partial charge in [-0.15, -0.1) is 18.3 Å². The number of hydrogen-bond donors (Lipinski definition) is 2. The van der Waals surface area contributed by atoms with Gasteiger partial charge in [0.05, 0.1) is 23.5 Å². The predicted molar refractivity (Wildman–Crippen MR) is 213 cm³/mol. The normalized spacial score (nSPS) is 25.4. The quantitative estimate of drug-likeness (QED) is 0.0543. The summed E-state index contributed by atoms with van der Waals surface area (Å²) in [6.07, 6.45) is 12.2. The summed E-state index contributed by atoms with van der Waals surface area (Å²) in [6.45, 7) is 7.29. The van der Waals surface area contributed by atoms with Crippen LogP contribution in [0.15, 0.2) is 107 Å². The van der Waals surface area contributed by atoms with Gasteiger partial charge in [-0.3, -0.25) is 0 Å². The van der Waals surface area contributed by atoms with E-state index >= 15 is 0 Å². The Hall–Kier alpha value is -3.21. The van der Waals surface area contributed by atoms with Crippen molar-refractivity contribution in [1.82, 2.24) is 0 Å². The third-order valence-corrected chi connectivity index (χ3v) is 12.5. The molecular formula is C43H53NO6S2.